The minimum Gasteiger partial charge on any atom is -0.376 e. The van der Waals surface area contributed by atoms with Crippen LogP contribution in [0, 0.1) is 0 Å². The molecule has 0 atom stereocenters. The zero-order valence-corrected chi connectivity index (χ0v) is 10.4. The summed E-state index contributed by atoms with van der Waals surface area (Å²) in [7, 11) is 0. The Hall–Kier alpha value is -1.86. The normalized spacial score (nSPS) is 14.8. The second-order valence-electron chi connectivity index (χ2n) is 4.88. The Bertz CT molecular complexity index is 542. The molecule has 2 aromatic carbocycles. The molecule has 0 unspecified atom stereocenters. The van der Waals surface area contributed by atoms with E-state index < -0.39 is 5.60 Å². The van der Waals surface area contributed by atoms with E-state index in [2.05, 4.69) is 6.92 Å². The van der Waals surface area contributed by atoms with Crippen molar-refractivity contribution in [3.8, 4) is 0 Å². The van der Waals surface area contributed by atoms with E-state index in [1.54, 1.807) is 0 Å². The van der Waals surface area contributed by atoms with Gasteiger partial charge in [-0.05, 0) is 30.0 Å². The van der Waals surface area contributed by atoms with Crippen molar-refractivity contribution in [2.24, 2.45) is 0 Å². The van der Waals surface area contributed by atoms with E-state index in [1.165, 1.54) is 5.57 Å². The van der Waals surface area contributed by atoms with Gasteiger partial charge in [-0.1, -0.05) is 66.2 Å². The molecule has 1 N–H and O–H groups in total. The molecule has 3 rings (SSSR count). The molecule has 1 aliphatic carbocycles. The summed E-state index contributed by atoms with van der Waals surface area (Å²) in [6.45, 7) is 2.09. The fourth-order valence-electron chi connectivity index (χ4n) is 2.53. The van der Waals surface area contributed by atoms with Crippen LogP contribution in [0.4, 0.5) is 0 Å². The summed E-state index contributed by atoms with van der Waals surface area (Å²) in [5.74, 6) is 0. The summed E-state index contributed by atoms with van der Waals surface area (Å²) in [5, 5.41) is 11.2. The predicted molar refractivity (Wildman–Crippen MR) is 73.2 cm³/mol. The van der Waals surface area contributed by atoms with Gasteiger partial charge in [-0.25, -0.2) is 0 Å². The maximum Gasteiger partial charge on any atom is 0.137 e. The topological polar surface area (TPSA) is 20.2 Å². The van der Waals surface area contributed by atoms with Crippen LogP contribution in [0.1, 0.15) is 24.5 Å². The third kappa shape index (κ3) is 1.68. The molecular weight excluding hydrogens is 220 g/mol. The lowest BCUT2D eigenvalue weighted by atomic mass is 9.84. The first-order valence-corrected chi connectivity index (χ1v) is 6.25. The standard InChI is InChI=1S/C17H16O/c1-13-12-16(13)17(18,14-8-4-2-5-9-14)15-10-6-3-7-11-15/h2-11,18H,12H2,1H3. The highest BCUT2D eigenvalue weighted by Gasteiger charge is 2.42. The molecule has 90 valence electrons. The molecule has 0 amide bonds. The fraction of sp³-hybridized carbons (Fsp3) is 0.176. The van der Waals surface area contributed by atoms with Crippen molar-refractivity contribution in [2.75, 3.05) is 0 Å². The van der Waals surface area contributed by atoms with E-state index in [0.717, 1.165) is 23.1 Å². The average Bonchev–Trinajstić information content (AvgIpc) is 3.17. The lowest BCUT2D eigenvalue weighted by Gasteiger charge is -2.27. The minimum atomic E-state index is -0.952. The molecule has 1 nitrogen and oxygen atoms in total. The van der Waals surface area contributed by atoms with E-state index in [-0.39, 0.29) is 0 Å². The lowest BCUT2D eigenvalue weighted by Crippen LogP contribution is -2.26. The zero-order valence-electron chi connectivity index (χ0n) is 10.4. The van der Waals surface area contributed by atoms with E-state index in [9.17, 15) is 5.11 Å². The Morgan fingerprint density at radius 2 is 1.22 bits per heavy atom. The molecule has 0 heterocycles. The van der Waals surface area contributed by atoms with E-state index in [4.69, 9.17) is 0 Å². The Labute approximate surface area is 107 Å². The quantitative estimate of drug-likeness (QED) is 0.807. The summed E-state index contributed by atoms with van der Waals surface area (Å²) in [6.07, 6.45) is 0.931. The number of benzene rings is 2. The van der Waals surface area contributed by atoms with Crippen LogP contribution in [-0.4, -0.2) is 5.11 Å². The van der Waals surface area contributed by atoms with Crippen molar-refractivity contribution in [1.82, 2.24) is 0 Å². The summed E-state index contributed by atoms with van der Waals surface area (Å²) < 4.78 is 0. The van der Waals surface area contributed by atoms with Gasteiger partial charge in [-0.3, -0.25) is 0 Å². The smallest absolute Gasteiger partial charge is 0.137 e. The first kappa shape index (κ1) is 11.2. The van der Waals surface area contributed by atoms with Crippen molar-refractivity contribution in [3.05, 3.63) is 82.9 Å². The van der Waals surface area contributed by atoms with E-state index >= 15 is 0 Å². The molecule has 0 aliphatic heterocycles. The summed E-state index contributed by atoms with van der Waals surface area (Å²) in [4.78, 5) is 0. The second kappa shape index (κ2) is 4.11. The fourth-order valence-corrected chi connectivity index (χ4v) is 2.53. The molecule has 0 aromatic heterocycles. The van der Waals surface area contributed by atoms with Crippen LogP contribution in [-0.2, 0) is 5.60 Å². The van der Waals surface area contributed by atoms with Gasteiger partial charge in [0.25, 0.3) is 0 Å². The van der Waals surface area contributed by atoms with Gasteiger partial charge in [0.2, 0.25) is 0 Å². The third-order valence-corrected chi connectivity index (χ3v) is 3.65. The Morgan fingerprint density at radius 3 is 1.56 bits per heavy atom. The zero-order chi connectivity index (χ0) is 12.6. The molecule has 1 heteroatoms. The van der Waals surface area contributed by atoms with Gasteiger partial charge in [0.15, 0.2) is 0 Å². The molecular formula is C17H16O. The summed E-state index contributed by atoms with van der Waals surface area (Å²) in [5.41, 5.74) is 3.38. The highest BCUT2D eigenvalue weighted by molar-refractivity contribution is 5.53. The van der Waals surface area contributed by atoms with E-state index in [1.807, 2.05) is 60.7 Å². The summed E-state index contributed by atoms with van der Waals surface area (Å²) in [6, 6.07) is 19.8. The molecule has 0 saturated heterocycles. The minimum absolute atomic E-state index is 0.931. The maximum absolute atomic E-state index is 11.2. The first-order chi connectivity index (χ1) is 8.73. The number of rotatable bonds is 3. The summed E-state index contributed by atoms with van der Waals surface area (Å²) >= 11 is 0. The molecule has 0 spiro atoms. The van der Waals surface area contributed by atoms with E-state index in [0.29, 0.717) is 0 Å². The van der Waals surface area contributed by atoms with Gasteiger partial charge in [0, 0.05) is 0 Å². The van der Waals surface area contributed by atoms with Crippen LogP contribution in [0.15, 0.2) is 71.8 Å². The first-order valence-electron chi connectivity index (χ1n) is 6.25. The van der Waals surface area contributed by atoms with Gasteiger partial charge in [0.05, 0.1) is 0 Å². The molecule has 0 fully saturated rings. The van der Waals surface area contributed by atoms with Crippen LogP contribution < -0.4 is 0 Å². The largest absolute Gasteiger partial charge is 0.376 e. The maximum atomic E-state index is 11.2. The molecule has 1 aliphatic rings. The Balaban J connectivity index is 2.17. The van der Waals surface area contributed by atoms with Crippen LogP contribution in [0.5, 0.6) is 0 Å². The molecule has 18 heavy (non-hydrogen) atoms. The van der Waals surface area contributed by atoms with Crippen molar-refractivity contribution >= 4 is 0 Å². The molecule has 0 radical (unpaired) electrons. The highest BCUT2D eigenvalue weighted by Crippen LogP contribution is 2.48. The van der Waals surface area contributed by atoms with Crippen molar-refractivity contribution in [2.45, 2.75) is 18.9 Å². The van der Waals surface area contributed by atoms with Crippen LogP contribution in [0.3, 0.4) is 0 Å². The monoisotopic (exact) mass is 236 g/mol. The molecule has 2 aromatic rings. The van der Waals surface area contributed by atoms with Crippen molar-refractivity contribution in [3.63, 3.8) is 0 Å². The SMILES string of the molecule is CC1=C(C(O)(c2ccccc2)c2ccccc2)C1. The van der Waals surface area contributed by atoms with Crippen molar-refractivity contribution < 1.29 is 5.11 Å². The molecule has 0 saturated carbocycles. The van der Waals surface area contributed by atoms with Crippen LogP contribution in [0.25, 0.3) is 0 Å². The highest BCUT2D eigenvalue weighted by atomic mass is 16.3. The van der Waals surface area contributed by atoms with Gasteiger partial charge >= 0.3 is 0 Å². The Morgan fingerprint density at radius 1 is 0.833 bits per heavy atom. The number of aliphatic hydroxyl groups is 1. The third-order valence-electron chi connectivity index (χ3n) is 3.65. The lowest BCUT2D eigenvalue weighted by molar-refractivity contribution is 0.125. The van der Waals surface area contributed by atoms with Gasteiger partial charge in [-0.15, -0.1) is 0 Å². The number of hydrogen-bond acceptors (Lipinski definition) is 1. The number of hydrogen-bond donors (Lipinski definition) is 1. The molecule has 0 bridgehead atoms. The second-order valence-corrected chi connectivity index (χ2v) is 4.88. The van der Waals surface area contributed by atoms with Crippen LogP contribution >= 0.6 is 0 Å². The van der Waals surface area contributed by atoms with Gasteiger partial charge < -0.3 is 5.11 Å². The predicted octanol–water partition coefficient (Wildman–Crippen LogP) is 3.64. The van der Waals surface area contributed by atoms with Crippen LogP contribution in [0.2, 0.25) is 0 Å². The van der Waals surface area contributed by atoms with Gasteiger partial charge in [0.1, 0.15) is 5.60 Å². The van der Waals surface area contributed by atoms with Gasteiger partial charge in [-0.2, -0.15) is 0 Å². The Kier molecular flexibility index (Phi) is 2.57. The van der Waals surface area contributed by atoms with Crippen molar-refractivity contribution in [1.29, 1.82) is 0 Å². The average molecular weight is 236 g/mol. The number of allylic oxidation sites excluding steroid dienone is 1.